The van der Waals surface area contributed by atoms with E-state index in [0.717, 1.165) is 5.56 Å². The van der Waals surface area contributed by atoms with Crippen LogP contribution in [0.5, 0.6) is 5.75 Å². The Kier molecular flexibility index (Phi) is 9.09. The predicted octanol–water partition coefficient (Wildman–Crippen LogP) is 3.09. The summed E-state index contributed by atoms with van der Waals surface area (Å²) in [7, 11) is 1.76. The number of nitrogens with zero attached hydrogens (tertiary/aromatic N) is 1. The molecule has 0 saturated carbocycles. The Morgan fingerprint density at radius 2 is 1.87 bits per heavy atom. The minimum Gasteiger partial charge on any atom is -0.435 e. The Balaban J connectivity index is 0.00000484. The second-order valence-corrected chi connectivity index (χ2v) is 6.14. The molecule has 0 fully saturated rings. The van der Waals surface area contributed by atoms with Crippen LogP contribution in [-0.2, 0) is 11.2 Å². The zero-order valence-electron chi connectivity index (χ0n) is 13.7. The van der Waals surface area contributed by atoms with E-state index in [1.54, 1.807) is 24.1 Å². The molecule has 0 radical (unpaired) electrons. The molecule has 0 atom stereocenters. The monoisotopic (exact) mass is 350 g/mol. The number of benzene rings is 1. The van der Waals surface area contributed by atoms with Crippen molar-refractivity contribution >= 4 is 18.3 Å². The molecule has 0 aromatic heterocycles. The van der Waals surface area contributed by atoms with E-state index >= 15 is 0 Å². The van der Waals surface area contributed by atoms with Crippen LogP contribution in [0.3, 0.4) is 0 Å². The van der Waals surface area contributed by atoms with Gasteiger partial charge < -0.3 is 15.4 Å². The van der Waals surface area contributed by atoms with E-state index in [1.165, 1.54) is 12.1 Å². The highest BCUT2D eigenvalue weighted by molar-refractivity contribution is 5.85. The average molecular weight is 351 g/mol. The number of halogens is 3. The van der Waals surface area contributed by atoms with Gasteiger partial charge in [0.05, 0.1) is 0 Å². The highest BCUT2D eigenvalue weighted by Crippen LogP contribution is 2.17. The van der Waals surface area contributed by atoms with Gasteiger partial charge in [-0.05, 0) is 36.1 Å². The standard InChI is InChI=1S/C16H24F2N2O2.ClH/c1-16(2,10-19)11-20(3)14(21)9-6-12-4-7-13(8-5-12)22-15(17)18;/h4-5,7-8,15H,6,9-11,19H2,1-3H3;1H. The Bertz CT molecular complexity index is 481. The molecule has 132 valence electrons. The fraction of sp³-hybridized carbons (Fsp3) is 0.562. The third-order valence-electron chi connectivity index (χ3n) is 3.42. The number of rotatable bonds is 8. The van der Waals surface area contributed by atoms with Gasteiger partial charge in [-0.2, -0.15) is 8.78 Å². The number of nitrogens with two attached hydrogens (primary N) is 1. The number of carbonyl (C=O) groups is 1. The Labute approximate surface area is 142 Å². The van der Waals surface area contributed by atoms with Gasteiger partial charge in [0.25, 0.3) is 0 Å². The van der Waals surface area contributed by atoms with E-state index in [9.17, 15) is 13.6 Å². The first-order chi connectivity index (χ1) is 10.2. The molecule has 23 heavy (non-hydrogen) atoms. The molecule has 7 heteroatoms. The van der Waals surface area contributed by atoms with Crippen LogP contribution in [0.2, 0.25) is 0 Å². The Morgan fingerprint density at radius 1 is 1.30 bits per heavy atom. The second kappa shape index (κ2) is 9.67. The van der Waals surface area contributed by atoms with Gasteiger partial charge in [0.1, 0.15) is 5.75 Å². The fourth-order valence-electron chi connectivity index (χ4n) is 2.07. The van der Waals surface area contributed by atoms with E-state index < -0.39 is 6.61 Å². The first-order valence-corrected chi connectivity index (χ1v) is 7.21. The maximum Gasteiger partial charge on any atom is 0.387 e. The number of amides is 1. The molecule has 0 aliphatic carbocycles. The first-order valence-electron chi connectivity index (χ1n) is 7.21. The summed E-state index contributed by atoms with van der Waals surface area (Å²) in [5, 5.41) is 0. The topological polar surface area (TPSA) is 55.6 Å². The van der Waals surface area contributed by atoms with Gasteiger partial charge in [-0.1, -0.05) is 26.0 Å². The van der Waals surface area contributed by atoms with E-state index in [-0.39, 0.29) is 29.5 Å². The van der Waals surface area contributed by atoms with Gasteiger partial charge in [-0.3, -0.25) is 4.79 Å². The van der Waals surface area contributed by atoms with E-state index in [0.29, 0.717) is 25.9 Å². The van der Waals surface area contributed by atoms with Crippen LogP contribution < -0.4 is 10.5 Å². The van der Waals surface area contributed by atoms with E-state index in [2.05, 4.69) is 4.74 Å². The van der Waals surface area contributed by atoms with Crippen LogP contribution in [-0.4, -0.2) is 37.6 Å². The number of hydrogen-bond acceptors (Lipinski definition) is 3. The lowest BCUT2D eigenvalue weighted by Gasteiger charge is -2.29. The van der Waals surface area contributed by atoms with Crippen molar-refractivity contribution in [2.75, 3.05) is 20.1 Å². The molecular weight excluding hydrogens is 326 g/mol. The second-order valence-electron chi connectivity index (χ2n) is 6.14. The highest BCUT2D eigenvalue weighted by Gasteiger charge is 2.20. The van der Waals surface area contributed by atoms with Gasteiger partial charge in [0.2, 0.25) is 5.91 Å². The van der Waals surface area contributed by atoms with Crippen LogP contribution in [0.25, 0.3) is 0 Å². The summed E-state index contributed by atoms with van der Waals surface area (Å²) in [6.07, 6.45) is 0.924. The molecule has 1 aromatic rings. The zero-order chi connectivity index (χ0) is 16.8. The molecule has 4 nitrogen and oxygen atoms in total. The van der Waals surface area contributed by atoms with Gasteiger partial charge in [0.15, 0.2) is 0 Å². The summed E-state index contributed by atoms with van der Waals surface area (Å²) in [6.45, 7) is 2.31. The van der Waals surface area contributed by atoms with Crippen LogP contribution in [0.1, 0.15) is 25.8 Å². The Morgan fingerprint density at radius 3 is 2.35 bits per heavy atom. The van der Waals surface area contributed by atoms with E-state index in [4.69, 9.17) is 5.73 Å². The number of hydrogen-bond donors (Lipinski definition) is 1. The summed E-state index contributed by atoms with van der Waals surface area (Å²) in [5.74, 6) is 0.154. The van der Waals surface area contributed by atoms with Crippen molar-refractivity contribution in [3.63, 3.8) is 0 Å². The molecule has 1 aromatic carbocycles. The van der Waals surface area contributed by atoms with Crippen molar-refractivity contribution in [2.45, 2.75) is 33.3 Å². The van der Waals surface area contributed by atoms with Crippen molar-refractivity contribution in [3.05, 3.63) is 29.8 Å². The molecule has 0 heterocycles. The summed E-state index contributed by atoms with van der Waals surface area (Å²) in [4.78, 5) is 13.8. The smallest absolute Gasteiger partial charge is 0.387 e. The molecule has 0 spiro atoms. The van der Waals surface area contributed by atoms with Crippen LogP contribution in [0, 0.1) is 5.41 Å². The van der Waals surface area contributed by atoms with Crippen molar-refractivity contribution in [2.24, 2.45) is 11.1 Å². The lowest BCUT2D eigenvalue weighted by atomic mass is 9.93. The van der Waals surface area contributed by atoms with Crippen molar-refractivity contribution in [1.29, 1.82) is 0 Å². The lowest BCUT2D eigenvalue weighted by molar-refractivity contribution is -0.131. The van der Waals surface area contributed by atoms with Crippen LogP contribution in [0.15, 0.2) is 24.3 Å². The highest BCUT2D eigenvalue weighted by atomic mass is 35.5. The molecule has 0 aliphatic rings. The van der Waals surface area contributed by atoms with Gasteiger partial charge in [-0.15, -0.1) is 12.4 Å². The third-order valence-corrected chi connectivity index (χ3v) is 3.42. The summed E-state index contributed by atoms with van der Waals surface area (Å²) >= 11 is 0. The minimum absolute atomic E-state index is 0. The number of alkyl halides is 2. The molecular formula is C16H25ClF2N2O2. The van der Waals surface area contributed by atoms with Gasteiger partial charge in [0, 0.05) is 20.0 Å². The maximum absolute atomic E-state index is 12.1. The molecule has 0 saturated heterocycles. The number of carbonyl (C=O) groups excluding carboxylic acids is 1. The zero-order valence-corrected chi connectivity index (χ0v) is 14.5. The molecule has 1 rings (SSSR count). The fourth-order valence-corrected chi connectivity index (χ4v) is 2.07. The maximum atomic E-state index is 12.1. The van der Waals surface area contributed by atoms with Crippen molar-refractivity contribution in [1.82, 2.24) is 4.90 Å². The van der Waals surface area contributed by atoms with Crippen LogP contribution >= 0.6 is 12.4 Å². The Hall–Kier alpha value is -1.40. The summed E-state index contributed by atoms with van der Waals surface area (Å²) in [5.41, 5.74) is 6.46. The van der Waals surface area contributed by atoms with Gasteiger partial charge in [-0.25, -0.2) is 0 Å². The largest absolute Gasteiger partial charge is 0.435 e. The molecule has 0 bridgehead atoms. The van der Waals surface area contributed by atoms with Crippen molar-refractivity contribution in [3.8, 4) is 5.75 Å². The molecule has 0 aliphatic heterocycles. The lowest BCUT2D eigenvalue weighted by Crippen LogP contribution is -2.39. The molecule has 2 N–H and O–H groups in total. The molecule has 1 amide bonds. The van der Waals surface area contributed by atoms with Crippen molar-refractivity contribution < 1.29 is 18.3 Å². The normalized spacial score (nSPS) is 11.1. The quantitative estimate of drug-likeness (QED) is 0.783. The summed E-state index contributed by atoms with van der Waals surface area (Å²) in [6, 6.07) is 6.34. The third kappa shape index (κ3) is 8.13. The molecule has 0 unspecified atom stereocenters. The number of aryl methyl sites for hydroxylation is 1. The summed E-state index contributed by atoms with van der Waals surface area (Å²) < 4.78 is 28.4. The first kappa shape index (κ1) is 21.6. The van der Waals surface area contributed by atoms with Crippen LogP contribution in [0.4, 0.5) is 8.78 Å². The average Bonchev–Trinajstić information content (AvgIpc) is 2.45. The van der Waals surface area contributed by atoms with Gasteiger partial charge >= 0.3 is 6.61 Å². The van der Waals surface area contributed by atoms with E-state index in [1.807, 2.05) is 13.8 Å². The SMILES string of the molecule is CN(CC(C)(C)CN)C(=O)CCc1ccc(OC(F)F)cc1.Cl. The predicted molar refractivity (Wildman–Crippen MR) is 89.1 cm³/mol. The number of ether oxygens (including phenoxy) is 1. The minimum atomic E-state index is -2.83.